The van der Waals surface area contributed by atoms with Crippen LogP contribution in [0.1, 0.15) is 25.0 Å². The average molecular weight is 498 g/mol. The summed E-state index contributed by atoms with van der Waals surface area (Å²) in [5, 5.41) is 21.5. The first-order chi connectivity index (χ1) is 17.8. The highest BCUT2D eigenvalue weighted by molar-refractivity contribution is 5.92. The Morgan fingerprint density at radius 3 is 2.27 bits per heavy atom. The molecule has 9 nitrogen and oxygen atoms in total. The quantitative estimate of drug-likeness (QED) is 0.252. The third-order valence-corrected chi connectivity index (χ3v) is 5.75. The standard InChI is InChI=1S/C28H27N5O4/c1-19(2)28(35)30-23-12-8-20(9-13-23)17-29-26(34)16-22-18-32(24-6-4-3-5-7-24)31-27(22)21-10-14-25(15-11-21)33(36)37/h3-15,18-19H,16-17H2,1-2H3,(H,29,34)(H,30,35). The number of non-ortho nitro benzene ring substituents is 1. The van der Waals surface area contributed by atoms with Gasteiger partial charge in [-0.2, -0.15) is 5.10 Å². The first-order valence-corrected chi connectivity index (χ1v) is 11.9. The van der Waals surface area contributed by atoms with Crippen LogP contribution in [0.3, 0.4) is 0 Å². The van der Waals surface area contributed by atoms with E-state index in [1.807, 2.05) is 56.3 Å². The Morgan fingerprint density at radius 2 is 1.65 bits per heavy atom. The van der Waals surface area contributed by atoms with Crippen LogP contribution in [0.15, 0.2) is 85.1 Å². The minimum absolute atomic E-state index is 0.0136. The average Bonchev–Trinajstić information content (AvgIpc) is 3.32. The Kier molecular flexibility index (Phi) is 7.73. The van der Waals surface area contributed by atoms with E-state index < -0.39 is 4.92 Å². The van der Waals surface area contributed by atoms with E-state index in [1.165, 1.54) is 12.1 Å². The van der Waals surface area contributed by atoms with Crippen molar-refractivity contribution in [1.82, 2.24) is 15.1 Å². The van der Waals surface area contributed by atoms with Crippen molar-refractivity contribution in [3.05, 3.63) is 106 Å². The third-order valence-electron chi connectivity index (χ3n) is 5.75. The summed E-state index contributed by atoms with van der Waals surface area (Å²) in [6.07, 6.45) is 1.89. The number of para-hydroxylation sites is 1. The topological polar surface area (TPSA) is 119 Å². The molecule has 0 unspecified atom stereocenters. The van der Waals surface area contributed by atoms with Crippen LogP contribution in [0.25, 0.3) is 16.9 Å². The van der Waals surface area contributed by atoms with Crippen molar-refractivity contribution >= 4 is 23.2 Å². The van der Waals surface area contributed by atoms with Crippen molar-refractivity contribution in [2.45, 2.75) is 26.8 Å². The number of nitrogens with one attached hydrogen (secondary N) is 2. The van der Waals surface area contributed by atoms with Gasteiger partial charge in [0, 0.05) is 47.6 Å². The number of hydrogen-bond acceptors (Lipinski definition) is 5. The number of carbonyl (C=O) groups is 2. The number of hydrogen-bond donors (Lipinski definition) is 2. The summed E-state index contributed by atoms with van der Waals surface area (Å²) in [4.78, 5) is 35.3. The zero-order chi connectivity index (χ0) is 26.4. The number of rotatable bonds is 9. The highest BCUT2D eigenvalue weighted by Crippen LogP contribution is 2.26. The molecule has 0 atom stereocenters. The lowest BCUT2D eigenvalue weighted by atomic mass is 10.1. The molecule has 0 saturated heterocycles. The second-order valence-electron chi connectivity index (χ2n) is 8.88. The Morgan fingerprint density at radius 1 is 0.973 bits per heavy atom. The highest BCUT2D eigenvalue weighted by atomic mass is 16.6. The lowest BCUT2D eigenvalue weighted by molar-refractivity contribution is -0.384. The van der Waals surface area contributed by atoms with E-state index in [9.17, 15) is 19.7 Å². The zero-order valence-corrected chi connectivity index (χ0v) is 20.5. The number of nitro benzene ring substituents is 1. The molecule has 0 fully saturated rings. The van der Waals surface area contributed by atoms with Gasteiger partial charge in [0.05, 0.1) is 22.7 Å². The van der Waals surface area contributed by atoms with Crippen LogP contribution in [0.2, 0.25) is 0 Å². The molecule has 1 heterocycles. The van der Waals surface area contributed by atoms with Gasteiger partial charge in [0.1, 0.15) is 0 Å². The third kappa shape index (κ3) is 6.46. The summed E-state index contributed by atoms with van der Waals surface area (Å²) < 4.78 is 1.70. The van der Waals surface area contributed by atoms with Gasteiger partial charge < -0.3 is 10.6 Å². The van der Waals surface area contributed by atoms with E-state index in [0.717, 1.165) is 11.3 Å². The van der Waals surface area contributed by atoms with Crippen molar-refractivity contribution in [1.29, 1.82) is 0 Å². The maximum atomic E-state index is 12.9. The van der Waals surface area contributed by atoms with Gasteiger partial charge in [0.25, 0.3) is 5.69 Å². The number of amides is 2. The SMILES string of the molecule is CC(C)C(=O)Nc1ccc(CNC(=O)Cc2cn(-c3ccccc3)nc2-c2ccc([N+](=O)[O-])cc2)cc1. The monoisotopic (exact) mass is 497 g/mol. The minimum Gasteiger partial charge on any atom is -0.352 e. The molecule has 2 amide bonds. The fourth-order valence-corrected chi connectivity index (χ4v) is 3.66. The lowest BCUT2D eigenvalue weighted by Crippen LogP contribution is -2.24. The molecule has 0 bridgehead atoms. The normalized spacial score (nSPS) is 10.8. The molecule has 188 valence electrons. The van der Waals surface area contributed by atoms with Gasteiger partial charge in [0.2, 0.25) is 11.8 Å². The van der Waals surface area contributed by atoms with Crippen LogP contribution >= 0.6 is 0 Å². The second kappa shape index (κ2) is 11.3. The van der Waals surface area contributed by atoms with Crippen LogP contribution in [-0.4, -0.2) is 26.5 Å². The smallest absolute Gasteiger partial charge is 0.269 e. The molecule has 9 heteroatoms. The summed E-state index contributed by atoms with van der Waals surface area (Å²) in [5.74, 6) is -0.352. The van der Waals surface area contributed by atoms with Crippen molar-refractivity contribution in [3.63, 3.8) is 0 Å². The Balaban J connectivity index is 1.48. The molecule has 0 saturated carbocycles. The van der Waals surface area contributed by atoms with Gasteiger partial charge >= 0.3 is 0 Å². The predicted molar refractivity (Wildman–Crippen MR) is 141 cm³/mol. The fourth-order valence-electron chi connectivity index (χ4n) is 3.66. The molecular formula is C28H27N5O4. The lowest BCUT2D eigenvalue weighted by Gasteiger charge is -2.09. The largest absolute Gasteiger partial charge is 0.352 e. The van der Waals surface area contributed by atoms with E-state index in [1.54, 1.807) is 35.1 Å². The predicted octanol–water partition coefficient (Wildman–Crippen LogP) is 4.90. The molecule has 4 aromatic rings. The Labute approximate surface area is 214 Å². The molecule has 3 aromatic carbocycles. The number of nitro groups is 1. The summed E-state index contributed by atoms with van der Waals surface area (Å²) in [7, 11) is 0. The van der Waals surface area contributed by atoms with E-state index in [2.05, 4.69) is 15.7 Å². The van der Waals surface area contributed by atoms with Crippen LogP contribution in [0.4, 0.5) is 11.4 Å². The summed E-state index contributed by atoms with van der Waals surface area (Å²) in [6, 6.07) is 22.9. The van der Waals surface area contributed by atoms with Crippen molar-refractivity contribution in [2.24, 2.45) is 5.92 Å². The molecule has 0 spiro atoms. The van der Waals surface area contributed by atoms with Crippen LogP contribution in [0, 0.1) is 16.0 Å². The molecular weight excluding hydrogens is 470 g/mol. The van der Waals surface area contributed by atoms with Crippen molar-refractivity contribution in [3.8, 4) is 16.9 Å². The molecule has 0 aliphatic carbocycles. The van der Waals surface area contributed by atoms with Gasteiger partial charge in [0.15, 0.2) is 0 Å². The fraction of sp³-hybridized carbons (Fsp3) is 0.179. The second-order valence-corrected chi connectivity index (χ2v) is 8.88. The van der Waals surface area contributed by atoms with Crippen LogP contribution < -0.4 is 10.6 Å². The summed E-state index contributed by atoms with van der Waals surface area (Å²) in [6.45, 7) is 3.99. The zero-order valence-electron chi connectivity index (χ0n) is 20.5. The molecule has 37 heavy (non-hydrogen) atoms. The van der Waals surface area contributed by atoms with Gasteiger partial charge in [-0.05, 0) is 42.0 Å². The Hall–Kier alpha value is -4.79. The molecule has 1 aromatic heterocycles. The van der Waals surface area contributed by atoms with Gasteiger partial charge in [-0.25, -0.2) is 4.68 Å². The number of benzene rings is 3. The van der Waals surface area contributed by atoms with E-state index in [4.69, 9.17) is 0 Å². The molecule has 0 radical (unpaired) electrons. The summed E-state index contributed by atoms with van der Waals surface area (Å²) in [5.41, 5.74) is 4.38. The number of carbonyl (C=O) groups excluding carboxylic acids is 2. The molecule has 0 aliphatic rings. The van der Waals surface area contributed by atoms with Gasteiger partial charge in [-0.3, -0.25) is 19.7 Å². The van der Waals surface area contributed by atoms with Crippen LogP contribution in [-0.2, 0) is 22.6 Å². The molecule has 0 aliphatic heterocycles. The number of aromatic nitrogens is 2. The number of anilines is 1. The first kappa shape index (κ1) is 25.3. The van der Waals surface area contributed by atoms with E-state index >= 15 is 0 Å². The Bertz CT molecular complexity index is 1400. The maximum absolute atomic E-state index is 12.9. The van der Waals surface area contributed by atoms with Crippen LogP contribution in [0.5, 0.6) is 0 Å². The van der Waals surface area contributed by atoms with E-state index in [0.29, 0.717) is 29.1 Å². The summed E-state index contributed by atoms with van der Waals surface area (Å²) >= 11 is 0. The van der Waals surface area contributed by atoms with E-state index in [-0.39, 0.29) is 29.8 Å². The molecule has 4 rings (SSSR count). The highest BCUT2D eigenvalue weighted by Gasteiger charge is 2.17. The van der Waals surface area contributed by atoms with Crippen molar-refractivity contribution < 1.29 is 14.5 Å². The van der Waals surface area contributed by atoms with Gasteiger partial charge in [-0.15, -0.1) is 0 Å². The molecule has 2 N–H and O–H groups in total. The van der Waals surface area contributed by atoms with Crippen molar-refractivity contribution in [2.75, 3.05) is 5.32 Å². The maximum Gasteiger partial charge on any atom is 0.269 e. The number of nitrogens with zero attached hydrogens (tertiary/aromatic N) is 3. The van der Waals surface area contributed by atoms with Gasteiger partial charge in [-0.1, -0.05) is 44.2 Å². The minimum atomic E-state index is -0.453. The first-order valence-electron chi connectivity index (χ1n) is 11.9.